The number of thiazole rings is 1. The fraction of sp³-hybridized carbons (Fsp3) is 0.364. The lowest BCUT2D eigenvalue weighted by molar-refractivity contribution is 0.0983. The van der Waals surface area contributed by atoms with Crippen molar-refractivity contribution >= 4 is 48.5 Å². The highest BCUT2D eigenvalue weighted by atomic mass is 79.9. The zero-order valence-corrected chi connectivity index (χ0v) is 19.2. The molecule has 3 aromatic rings. The highest BCUT2D eigenvalue weighted by molar-refractivity contribution is 9.10. The van der Waals surface area contributed by atoms with Crippen molar-refractivity contribution in [3.05, 3.63) is 57.6 Å². The lowest BCUT2D eigenvalue weighted by Crippen LogP contribution is -2.39. The van der Waals surface area contributed by atoms with Crippen molar-refractivity contribution in [1.29, 1.82) is 0 Å². The molecule has 0 aliphatic carbocycles. The molecule has 148 valence electrons. The molecule has 0 fully saturated rings. The Morgan fingerprint density at radius 3 is 2.54 bits per heavy atom. The number of fused-ring (bicyclic) bond motifs is 1. The average Bonchev–Trinajstić information content (AvgIpc) is 3.09. The Morgan fingerprint density at radius 2 is 1.82 bits per heavy atom. The van der Waals surface area contributed by atoms with Crippen LogP contribution < -0.4 is 4.90 Å². The van der Waals surface area contributed by atoms with Gasteiger partial charge in [0.2, 0.25) is 0 Å². The van der Waals surface area contributed by atoms with Crippen molar-refractivity contribution in [3.8, 4) is 0 Å². The number of halogens is 1. The van der Waals surface area contributed by atoms with Crippen molar-refractivity contribution in [2.45, 2.75) is 27.7 Å². The quantitative estimate of drug-likeness (QED) is 0.456. The second-order valence-corrected chi connectivity index (χ2v) is 8.84. The number of amides is 1. The minimum atomic E-state index is 0.0199. The smallest absolute Gasteiger partial charge is 0.260 e. The molecule has 0 saturated carbocycles. The van der Waals surface area contributed by atoms with E-state index in [1.807, 2.05) is 49.1 Å². The molecule has 6 heteroatoms. The van der Waals surface area contributed by atoms with Gasteiger partial charge >= 0.3 is 0 Å². The first-order valence-corrected chi connectivity index (χ1v) is 11.2. The van der Waals surface area contributed by atoms with E-state index in [-0.39, 0.29) is 5.91 Å². The summed E-state index contributed by atoms with van der Waals surface area (Å²) in [5.41, 5.74) is 3.75. The third-order valence-electron chi connectivity index (χ3n) is 4.97. The van der Waals surface area contributed by atoms with Crippen molar-refractivity contribution < 1.29 is 4.79 Å². The zero-order valence-electron chi connectivity index (χ0n) is 16.8. The summed E-state index contributed by atoms with van der Waals surface area (Å²) in [5.74, 6) is 0.0199. The van der Waals surface area contributed by atoms with Crippen LogP contribution in [0.25, 0.3) is 10.2 Å². The molecule has 4 nitrogen and oxygen atoms in total. The fourth-order valence-corrected chi connectivity index (χ4v) is 4.72. The second-order valence-electron chi connectivity index (χ2n) is 6.91. The maximum atomic E-state index is 13.5. The number of benzene rings is 2. The molecule has 0 aliphatic heterocycles. The molecule has 1 aromatic heterocycles. The van der Waals surface area contributed by atoms with Crippen LogP contribution in [-0.4, -0.2) is 42.0 Å². The van der Waals surface area contributed by atoms with Gasteiger partial charge in [-0.3, -0.25) is 9.69 Å². The molecule has 0 saturated heterocycles. The lowest BCUT2D eigenvalue weighted by Gasteiger charge is -2.25. The standard InChI is InChI=1S/C22H26BrN3OS/c1-5-25(6-2)11-12-26(21(27)18-13-15(3)7-8-16(18)4)22-24-19-10-9-17(23)14-20(19)28-22/h7-10,13-14H,5-6,11-12H2,1-4H3. The van der Waals surface area contributed by atoms with Gasteiger partial charge in [-0.15, -0.1) is 0 Å². The maximum absolute atomic E-state index is 13.5. The summed E-state index contributed by atoms with van der Waals surface area (Å²) >= 11 is 5.09. The number of carbonyl (C=O) groups is 1. The molecule has 1 heterocycles. The molecule has 0 N–H and O–H groups in total. The molecule has 0 unspecified atom stereocenters. The Balaban J connectivity index is 2.00. The topological polar surface area (TPSA) is 36.4 Å². The van der Waals surface area contributed by atoms with E-state index in [1.54, 1.807) is 11.3 Å². The summed E-state index contributed by atoms with van der Waals surface area (Å²) in [4.78, 5) is 22.5. The summed E-state index contributed by atoms with van der Waals surface area (Å²) in [5, 5.41) is 0.756. The van der Waals surface area contributed by atoms with Crippen LogP contribution in [0.15, 0.2) is 40.9 Å². The van der Waals surface area contributed by atoms with Crippen LogP contribution in [0.1, 0.15) is 35.3 Å². The second kappa shape index (κ2) is 9.16. The van der Waals surface area contributed by atoms with E-state index in [9.17, 15) is 4.79 Å². The monoisotopic (exact) mass is 459 g/mol. The Kier molecular flexibility index (Phi) is 6.86. The van der Waals surface area contributed by atoms with Crippen LogP contribution in [0.3, 0.4) is 0 Å². The van der Waals surface area contributed by atoms with Crippen LogP contribution in [0.5, 0.6) is 0 Å². The molecule has 0 bridgehead atoms. The van der Waals surface area contributed by atoms with Crippen LogP contribution in [0.4, 0.5) is 5.13 Å². The molecule has 2 aromatic carbocycles. The van der Waals surface area contributed by atoms with Gasteiger partial charge in [0.05, 0.1) is 10.2 Å². The Morgan fingerprint density at radius 1 is 1.07 bits per heavy atom. The first-order chi connectivity index (χ1) is 13.4. The Bertz CT molecular complexity index is 981. The SMILES string of the molecule is CCN(CC)CCN(C(=O)c1cc(C)ccc1C)c1nc2ccc(Br)cc2s1. The van der Waals surface area contributed by atoms with E-state index in [0.717, 1.165) is 56.1 Å². The molecule has 0 spiro atoms. The summed E-state index contributed by atoms with van der Waals surface area (Å²) in [6, 6.07) is 12.1. The van der Waals surface area contributed by atoms with Gasteiger partial charge in [0.1, 0.15) is 0 Å². The van der Waals surface area contributed by atoms with Gasteiger partial charge in [-0.1, -0.05) is 58.8 Å². The largest absolute Gasteiger partial charge is 0.302 e. The van der Waals surface area contributed by atoms with Crippen molar-refractivity contribution in [2.75, 3.05) is 31.1 Å². The van der Waals surface area contributed by atoms with E-state index >= 15 is 0 Å². The van der Waals surface area contributed by atoms with Crippen molar-refractivity contribution in [1.82, 2.24) is 9.88 Å². The molecular formula is C22H26BrN3OS. The zero-order chi connectivity index (χ0) is 20.3. The highest BCUT2D eigenvalue weighted by Crippen LogP contribution is 2.32. The van der Waals surface area contributed by atoms with Gasteiger partial charge in [-0.25, -0.2) is 4.98 Å². The van der Waals surface area contributed by atoms with Gasteiger partial charge in [-0.05, 0) is 56.8 Å². The predicted octanol–water partition coefficient (Wildman–Crippen LogP) is 5.66. The van der Waals surface area contributed by atoms with Crippen LogP contribution in [-0.2, 0) is 0 Å². The molecular weight excluding hydrogens is 434 g/mol. The minimum Gasteiger partial charge on any atom is -0.302 e. The number of carbonyl (C=O) groups excluding carboxylic acids is 1. The Labute approximate surface area is 179 Å². The number of aryl methyl sites for hydroxylation is 2. The van der Waals surface area contributed by atoms with Gasteiger partial charge < -0.3 is 4.90 Å². The van der Waals surface area contributed by atoms with Crippen molar-refractivity contribution in [3.63, 3.8) is 0 Å². The minimum absolute atomic E-state index is 0.0199. The van der Waals surface area contributed by atoms with Gasteiger partial charge in [-0.2, -0.15) is 0 Å². The van der Waals surface area contributed by atoms with E-state index in [0.29, 0.717) is 6.54 Å². The number of anilines is 1. The first-order valence-electron chi connectivity index (χ1n) is 9.60. The maximum Gasteiger partial charge on any atom is 0.260 e. The fourth-order valence-electron chi connectivity index (χ4n) is 3.18. The van der Waals surface area contributed by atoms with Gasteiger partial charge in [0.25, 0.3) is 5.91 Å². The summed E-state index contributed by atoms with van der Waals surface area (Å²) < 4.78 is 2.09. The van der Waals surface area contributed by atoms with E-state index in [1.165, 1.54) is 0 Å². The van der Waals surface area contributed by atoms with Gasteiger partial charge in [0, 0.05) is 23.1 Å². The van der Waals surface area contributed by atoms with Gasteiger partial charge in [0.15, 0.2) is 5.13 Å². The number of likely N-dealkylation sites (N-methyl/N-ethyl adjacent to an activating group) is 1. The lowest BCUT2D eigenvalue weighted by atomic mass is 10.0. The Hall–Kier alpha value is -1.76. The molecule has 1 amide bonds. The van der Waals surface area contributed by atoms with Crippen molar-refractivity contribution in [2.24, 2.45) is 0 Å². The number of nitrogens with zero attached hydrogens (tertiary/aromatic N) is 3. The van der Waals surface area contributed by atoms with Crippen LogP contribution >= 0.6 is 27.3 Å². The van der Waals surface area contributed by atoms with Crippen LogP contribution in [0, 0.1) is 13.8 Å². The van der Waals surface area contributed by atoms with E-state index in [4.69, 9.17) is 4.98 Å². The number of hydrogen-bond acceptors (Lipinski definition) is 4. The average molecular weight is 460 g/mol. The highest BCUT2D eigenvalue weighted by Gasteiger charge is 2.23. The predicted molar refractivity (Wildman–Crippen MR) is 123 cm³/mol. The summed E-state index contributed by atoms with van der Waals surface area (Å²) in [6.07, 6.45) is 0. The molecule has 28 heavy (non-hydrogen) atoms. The molecule has 0 aliphatic rings. The van der Waals surface area contributed by atoms with E-state index in [2.05, 4.69) is 40.7 Å². The molecule has 3 rings (SSSR count). The third-order valence-corrected chi connectivity index (χ3v) is 6.51. The number of hydrogen-bond donors (Lipinski definition) is 0. The summed E-state index contributed by atoms with van der Waals surface area (Å²) in [7, 11) is 0. The van der Waals surface area contributed by atoms with E-state index < -0.39 is 0 Å². The van der Waals surface area contributed by atoms with Crippen LogP contribution in [0.2, 0.25) is 0 Å². The number of aromatic nitrogens is 1. The normalized spacial score (nSPS) is 11.4. The molecule has 0 radical (unpaired) electrons. The third kappa shape index (κ3) is 4.62. The first kappa shape index (κ1) is 21.0. The number of rotatable bonds is 7. The summed E-state index contributed by atoms with van der Waals surface area (Å²) in [6.45, 7) is 11.7. The molecule has 0 atom stereocenters.